The highest BCUT2D eigenvalue weighted by molar-refractivity contribution is 7.11. The second-order valence-electron chi connectivity index (χ2n) is 4.43. The number of nitrogens with one attached hydrogen (secondary N) is 1. The first-order valence-electron chi connectivity index (χ1n) is 6.27. The Bertz CT molecular complexity index is 593. The lowest BCUT2D eigenvalue weighted by molar-refractivity contribution is -0.141. The van der Waals surface area contributed by atoms with E-state index in [2.05, 4.69) is 10.3 Å². The molecule has 21 heavy (non-hydrogen) atoms. The fraction of sp³-hybridized carbons (Fsp3) is 0.357. The third kappa shape index (κ3) is 3.95. The van der Waals surface area contributed by atoms with Crippen LogP contribution in [-0.2, 0) is 19.1 Å². The van der Waals surface area contributed by atoms with E-state index >= 15 is 0 Å². The summed E-state index contributed by atoms with van der Waals surface area (Å²) in [7, 11) is 3.18. The molecule has 1 N–H and O–H groups in total. The van der Waals surface area contributed by atoms with Crippen molar-refractivity contribution >= 4 is 11.3 Å². The number of ether oxygens (including phenoxy) is 1. The van der Waals surface area contributed by atoms with Crippen LogP contribution in [0.15, 0.2) is 24.3 Å². The Morgan fingerprint density at radius 3 is 2.43 bits per heavy atom. The van der Waals surface area contributed by atoms with Crippen LogP contribution in [-0.4, -0.2) is 19.1 Å². The number of hydrogen-bond donors (Lipinski definition) is 1. The van der Waals surface area contributed by atoms with Gasteiger partial charge in [0.05, 0.1) is 17.0 Å². The van der Waals surface area contributed by atoms with Crippen molar-refractivity contribution in [3.05, 3.63) is 45.4 Å². The summed E-state index contributed by atoms with van der Waals surface area (Å²) < 4.78 is 43.8. The summed E-state index contributed by atoms with van der Waals surface area (Å²) >= 11 is 1.09. The minimum absolute atomic E-state index is 0.162. The molecule has 0 amide bonds. The van der Waals surface area contributed by atoms with Gasteiger partial charge in [0.15, 0.2) is 5.69 Å². The van der Waals surface area contributed by atoms with E-state index in [0.29, 0.717) is 17.2 Å². The van der Waals surface area contributed by atoms with Crippen molar-refractivity contribution in [1.29, 1.82) is 0 Å². The molecule has 0 spiro atoms. The van der Waals surface area contributed by atoms with Gasteiger partial charge < -0.3 is 10.1 Å². The monoisotopic (exact) mass is 316 g/mol. The van der Waals surface area contributed by atoms with Crippen molar-refractivity contribution in [2.45, 2.75) is 19.1 Å². The Balaban J connectivity index is 2.23. The highest BCUT2D eigenvalue weighted by Crippen LogP contribution is 2.35. The Hall–Kier alpha value is -1.60. The fourth-order valence-corrected chi connectivity index (χ4v) is 3.03. The second-order valence-corrected chi connectivity index (χ2v) is 5.60. The average molecular weight is 316 g/mol. The van der Waals surface area contributed by atoms with E-state index in [4.69, 9.17) is 4.74 Å². The Kier molecular flexibility index (Phi) is 4.84. The van der Waals surface area contributed by atoms with Gasteiger partial charge in [-0.2, -0.15) is 13.2 Å². The number of methoxy groups -OCH3 is 1. The minimum Gasteiger partial charge on any atom is -0.497 e. The van der Waals surface area contributed by atoms with E-state index in [1.165, 1.54) is 0 Å². The summed E-state index contributed by atoms with van der Waals surface area (Å²) in [6, 6.07) is 7.21. The quantitative estimate of drug-likeness (QED) is 0.917. The minimum atomic E-state index is -4.42. The number of nitrogens with zero attached hydrogens (tertiary/aromatic N) is 1. The van der Waals surface area contributed by atoms with Crippen molar-refractivity contribution in [2.24, 2.45) is 0 Å². The lowest BCUT2D eigenvalue weighted by Gasteiger charge is -2.04. The molecule has 0 aliphatic heterocycles. The van der Waals surface area contributed by atoms with Gasteiger partial charge in [0.2, 0.25) is 0 Å². The van der Waals surface area contributed by atoms with Crippen molar-refractivity contribution < 1.29 is 17.9 Å². The highest BCUT2D eigenvalue weighted by Gasteiger charge is 2.37. The molecule has 1 aromatic carbocycles. The van der Waals surface area contributed by atoms with Crippen LogP contribution in [0.25, 0.3) is 0 Å². The van der Waals surface area contributed by atoms with E-state index in [9.17, 15) is 13.2 Å². The number of halogens is 3. The Morgan fingerprint density at radius 1 is 1.24 bits per heavy atom. The maximum absolute atomic E-state index is 12.9. The molecule has 7 heteroatoms. The standard InChI is InChI=1S/C14H15F3N2OS/c1-18-8-11-13(14(15,16)17)19-12(21-11)7-9-3-5-10(20-2)6-4-9/h3-6,18H,7-8H2,1-2H3. The van der Waals surface area contributed by atoms with Crippen LogP contribution in [0.4, 0.5) is 13.2 Å². The maximum atomic E-state index is 12.9. The molecule has 0 bridgehead atoms. The van der Waals surface area contributed by atoms with E-state index in [1.54, 1.807) is 26.3 Å². The van der Waals surface area contributed by atoms with Gasteiger partial charge in [0, 0.05) is 13.0 Å². The highest BCUT2D eigenvalue weighted by atomic mass is 32.1. The lowest BCUT2D eigenvalue weighted by atomic mass is 10.1. The maximum Gasteiger partial charge on any atom is 0.434 e. The van der Waals surface area contributed by atoms with E-state index < -0.39 is 11.9 Å². The van der Waals surface area contributed by atoms with Crippen LogP contribution < -0.4 is 10.1 Å². The molecule has 114 valence electrons. The van der Waals surface area contributed by atoms with Crippen LogP contribution in [0.5, 0.6) is 5.75 Å². The van der Waals surface area contributed by atoms with Gasteiger partial charge in [-0.15, -0.1) is 11.3 Å². The summed E-state index contributed by atoms with van der Waals surface area (Å²) in [5.74, 6) is 0.713. The summed E-state index contributed by atoms with van der Waals surface area (Å²) in [6.07, 6.45) is -4.04. The topological polar surface area (TPSA) is 34.1 Å². The van der Waals surface area contributed by atoms with Crippen molar-refractivity contribution in [2.75, 3.05) is 14.2 Å². The first-order valence-corrected chi connectivity index (χ1v) is 7.09. The number of thiazole rings is 1. The van der Waals surface area contributed by atoms with Crippen molar-refractivity contribution in [3.63, 3.8) is 0 Å². The molecular formula is C14H15F3N2OS. The molecule has 3 nitrogen and oxygen atoms in total. The molecular weight excluding hydrogens is 301 g/mol. The lowest BCUT2D eigenvalue weighted by Crippen LogP contribution is -2.12. The molecule has 1 aromatic heterocycles. The third-order valence-corrected chi connectivity index (χ3v) is 3.92. The predicted octanol–water partition coefficient (Wildman–Crippen LogP) is 3.48. The zero-order chi connectivity index (χ0) is 15.5. The second kappa shape index (κ2) is 6.44. The molecule has 2 rings (SSSR count). The van der Waals surface area contributed by atoms with Gasteiger partial charge in [0.25, 0.3) is 0 Å². The Labute approximate surface area is 124 Å². The van der Waals surface area contributed by atoms with Gasteiger partial charge in [-0.3, -0.25) is 0 Å². The molecule has 0 saturated heterocycles. The van der Waals surface area contributed by atoms with Crippen LogP contribution in [0, 0.1) is 0 Å². The van der Waals surface area contributed by atoms with Crippen LogP contribution in [0.3, 0.4) is 0 Å². The van der Waals surface area contributed by atoms with Gasteiger partial charge in [0.1, 0.15) is 5.75 Å². The molecule has 0 saturated carbocycles. The zero-order valence-corrected chi connectivity index (χ0v) is 12.4. The van der Waals surface area contributed by atoms with Crippen LogP contribution >= 0.6 is 11.3 Å². The van der Waals surface area contributed by atoms with E-state index in [-0.39, 0.29) is 11.4 Å². The van der Waals surface area contributed by atoms with Gasteiger partial charge >= 0.3 is 6.18 Å². The summed E-state index contributed by atoms with van der Waals surface area (Å²) in [4.78, 5) is 3.98. The number of aromatic nitrogens is 1. The van der Waals surface area contributed by atoms with E-state index in [0.717, 1.165) is 16.9 Å². The fourth-order valence-electron chi connectivity index (χ4n) is 1.90. The normalized spacial score (nSPS) is 11.7. The molecule has 0 unspecified atom stereocenters. The summed E-state index contributed by atoms with van der Waals surface area (Å²) in [5.41, 5.74) is 0.111. The van der Waals surface area contributed by atoms with Gasteiger partial charge in [-0.05, 0) is 24.7 Å². The van der Waals surface area contributed by atoms with E-state index in [1.807, 2.05) is 12.1 Å². The van der Waals surface area contributed by atoms with Crippen LogP contribution in [0.1, 0.15) is 21.1 Å². The number of rotatable bonds is 5. The summed E-state index contributed by atoms with van der Waals surface area (Å²) in [6.45, 7) is 0.162. The van der Waals surface area contributed by atoms with Crippen LogP contribution in [0.2, 0.25) is 0 Å². The number of benzene rings is 1. The first kappa shape index (κ1) is 15.8. The summed E-state index contributed by atoms with van der Waals surface area (Å²) in [5, 5.41) is 3.20. The Morgan fingerprint density at radius 2 is 1.90 bits per heavy atom. The van der Waals surface area contributed by atoms with Gasteiger partial charge in [-0.1, -0.05) is 12.1 Å². The first-order chi connectivity index (χ1) is 9.94. The zero-order valence-electron chi connectivity index (χ0n) is 11.6. The molecule has 0 aliphatic rings. The predicted molar refractivity (Wildman–Crippen MR) is 75.7 cm³/mol. The third-order valence-electron chi connectivity index (χ3n) is 2.86. The molecule has 1 heterocycles. The molecule has 0 aliphatic carbocycles. The average Bonchev–Trinajstić information content (AvgIpc) is 2.83. The molecule has 0 fully saturated rings. The van der Waals surface area contributed by atoms with Gasteiger partial charge in [-0.25, -0.2) is 4.98 Å². The number of hydrogen-bond acceptors (Lipinski definition) is 4. The molecule has 0 atom stereocenters. The largest absolute Gasteiger partial charge is 0.497 e. The molecule has 0 radical (unpaired) electrons. The van der Waals surface area contributed by atoms with Crippen molar-refractivity contribution in [1.82, 2.24) is 10.3 Å². The van der Waals surface area contributed by atoms with Crippen molar-refractivity contribution in [3.8, 4) is 5.75 Å². The number of alkyl halides is 3. The SMILES string of the molecule is CNCc1sc(Cc2ccc(OC)cc2)nc1C(F)(F)F. The smallest absolute Gasteiger partial charge is 0.434 e. The molecule has 2 aromatic rings.